The smallest absolute Gasteiger partial charge is 0.268 e. The third kappa shape index (κ3) is 4.40. The molecule has 0 saturated carbocycles. The van der Waals surface area contributed by atoms with E-state index in [1.807, 2.05) is 25.8 Å². The van der Waals surface area contributed by atoms with Crippen LogP contribution in [0.1, 0.15) is 33.6 Å². The average molecular weight is 262 g/mol. The van der Waals surface area contributed by atoms with Gasteiger partial charge in [0.15, 0.2) is 0 Å². The molecule has 1 aromatic rings. The van der Waals surface area contributed by atoms with Crippen molar-refractivity contribution in [2.24, 2.45) is 5.41 Å². The summed E-state index contributed by atoms with van der Waals surface area (Å²) >= 11 is 0. The van der Waals surface area contributed by atoms with E-state index in [0.717, 1.165) is 18.7 Å². The zero-order valence-corrected chi connectivity index (χ0v) is 12.2. The first-order valence-corrected chi connectivity index (χ1v) is 6.59. The fourth-order valence-corrected chi connectivity index (χ4v) is 1.71. The molecule has 0 N–H and O–H groups in total. The Balaban J connectivity index is 2.79. The second-order valence-electron chi connectivity index (χ2n) is 5.44. The van der Waals surface area contributed by atoms with Gasteiger partial charge in [-0.15, -0.1) is 0 Å². The Hall–Kier alpha value is -1.83. The molecule has 0 unspecified atom stereocenters. The molecule has 0 aliphatic heterocycles. The minimum atomic E-state index is -0.432. The van der Waals surface area contributed by atoms with E-state index >= 15 is 0 Å². The van der Waals surface area contributed by atoms with Gasteiger partial charge in [0.25, 0.3) is 5.56 Å². The van der Waals surface area contributed by atoms with Crippen LogP contribution in [-0.2, 0) is 6.54 Å². The summed E-state index contributed by atoms with van der Waals surface area (Å²) in [4.78, 5) is 14.0. The second kappa shape index (κ2) is 6.37. The van der Waals surface area contributed by atoms with Crippen molar-refractivity contribution in [2.45, 2.75) is 40.2 Å². The van der Waals surface area contributed by atoms with Crippen molar-refractivity contribution < 1.29 is 0 Å². The normalized spacial score (nSPS) is 11.1. The highest BCUT2D eigenvalue weighted by Gasteiger charge is 2.17. The fourth-order valence-electron chi connectivity index (χ4n) is 1.71. The first kappa shape index (κ1) is 15.2. The molecular weight excluding hydrogens is 240 g/mol. The van der Waals surface area contributed by atoms with Gasteiger partial charge < -0.3 is 4.90 Å². The van der Waals surface area contributed by atoms with Gasteiger partial charge in [-0.1, -0.05) is 6.92 Å². The molecule has 1 rings (SSSR count). The molecule has 5 heteroatoms. The number of anilines is 1. The number of rotatable bonds is 6. The Morgan fingerprint density at radius 2 is 2.21 bits per heavy atom. The van der Waals surface area contributed by atoms with Crippen LogP contribution < -0.4 is 10.5 Å². The topological polar surface area (TPSA) is 61.9 Å². The molecule has 0 amide bonds. The number of aromatic nitrogens is 2. The van der Waals surface area contributed by atoms with Crippen molar-refractivity contribution in [3.63, 3.8) is 0 Å². The zero-order chi connectivity index (χ0) is 14.5. The van der Waals surface area contributed by atoms with E-state index < -0.39 is 5.41 Å². The summed E-state index contributed by atoms with van der Waals surface area (Å²) < 4.78 is 1.42. The van der Waals surface area contributed by atoms with Crippen LogP contribution in [0.4, 0.5) is 5.69 Å². The predicted molar refractivity (Wildman–Crippen MR) is 76.1 cm³/mol. The van der Waals surface area contributed by atoms with E-state index in [4.69, 9.17) is 5.26 Å². The van der Waals surface area contributed by atoms with E-state index in [-0.39, 0.29) is 5.56 Å². The monoisotopic (exact) mass is 262 g/mol. The van der Waals surface area contributed by atoms with Crippen LogP contribution in [0, 0.1) is 16.7 Å². The molecule has 1 aromatic heterocycles. The molecule has 0 spiro atoms. The average Bonchev–Trinajstić information content (AvgIpc) is 2.37. The summed E-state index contributed by atoms with van der Waals surface area (Å²) in [6.45, 7) is 7.18. The first-order chi connectivity index (χ1) is 8.89. The van der Waals surface area contributed by atoms with E-state index in [1.165, 1.54) is 4.68 Å². The van der Waals surface area contributed by atoms with E-state index in [1.54, 1.807) is 12.3 Å². The lowest BCUT2D eigenvalue weighted by Gasteiger charge is -2.19. The number of hydrogen-bond donors (Lipinski definition) is 0. The molecule has 0 aliphatic rings. The highest BCUT2D eigenvalue weighted by molar-refractivity contribution is 5.41. The van der Waals surface area contributed by atoms with Crippen LogP contribution in [0.5, 0.6) is 0 Å². The Morgan fingerprint density at radius 1 is 1.53 bits per heavy atom. The molecule has 19 heavy (non-hydrogen) atoms. The first-order valence-electron chi connectivity index (χ1n) is 6.59. The lowest BCUT2D eigenvalue weighted by atomic mass is 9.92. The van der Waals surface area contributed by atoms with E-state index in [9.17, 15) is 4.79 Å². The quantitative estimate of drug-likeness (QED) is 0.787. The van der Waals surface area contributed by atoms with Gasteiger partial charge in [0, 0.05) is 26.2 Å². The molecule has 0 radical (unpaired) electrons. The summed E-state index contributed by atoms with van der Waals surface area (Å²) in [6.07, 6.45) is 3.34. The summed E-state index contributed by atoms with van der Waals surface area (Å²) in [6, 6.07) is 3.83. The Kier molecular flexibility index (Phi) is 5.11. The SMILES string of the molecule is CCCN(C)c1cnn(CCC(C)(C)C#N)c(=O)c1. The summed E-state index contributed by atoms with van der Waals surface area (Å²) in [5.74, 6) is 0. The molecule has 0 bridgehead atoms. The van der Waals surface area contributed by atoms with Gasteiger partial charge >= 0.3 is 0 Å². The summed E-state index contributed by atoms with van der Waals surface area (Å²) in [5, 5.41) is 13.1. The standard InChI is InChI=1S/C14H22N4O/c1-5-7-17(4)12-9-13(19)18(16-10-12)8-6-14(2,3)11-15/h9-10H,5-8H2,1-4H3. The number of nitriles is 1. The van der Waals surface area contributed by atoms with E-state index in [2.05, 4.69) is 18.1 Å². The van der Waals surface area contributed by atoms with Gasteiger partial charge in [0.2, 0.25) is 0 Å². The minimum Gasteiger partial charge on any atom is -0.373 e. The lowest BCUT2D eigenvalue weighted by Crippen LogP contribution is -2.27. The number of nitrogens with zero attached hydrogens (tertiary/aromatic N) is 4. The molecule has 0 fully saturated rings. The maximum absolute atomic E-state index is 11.9. The van der Waals surface area contributed by atoms with Gasteiger partial charge in [-0.3, -0.25) is 4.79 Å². The van der Waals surface area contributed by atoms with E-state index in [0.29, 0.717) is 13.0 Å². The highest BCUT2D eigenvalue weighted by Crippen LogP contribution is 2.18. The fraction of sp³-hybridized carbons (Fsp3) is 0.643. The van der Waals surface area contributed by atoms with Crippen molar-refractivity contribution in [3.05, 3.63) is 22.6 Å². The van der Waals surface area contributed by atoms with Crippen LogP contribution in [0.15, 0.2) is 17.1 Å². The second-order valence-corrected chi connectivity index (χ2v) is 5.44. The van der Waals surface area contributed by atoms with Gasteiger partial charge in [-0.2, -0.15) is 10.4 Å². The molecule has 104 valence electrons. The number of aryl methyl sites for hydroxylation is 1. The lowest BCUT2D eigenvalue weighted by molar-refractivity contribution is 0.391. The predicted octanol–water partition coefficient (Wildman–Crippen LogP) is 2.03. The number of hydrogen-bond acceptors (Lipinski definition) is 4. The van der Waals surface area contributed by atoms with Crippen LogP contribution >= 0.6 is 0 Å². The molecule has 0 aromatic carbocycles. The largest absolute Gasteiger partial charge is 0.373 e. The Bertz CT molecular complexity index is 513. The maximum Gasteiger partial charge on any atom is 0.268 e. The molecule has 0 saturated heterocycles. The van der Waals surface area contributed by atoms with Gasteiger partial charge in [-0.05, 0) is 26.7 Å². The van der Waals surface area contributed by atoms with Crippen molar-refractivity contribution in [1.82, 2.24) is 9.78 Å². The highest BCUT2D eigenvalue weighted by atomic mass is 16.1. The van der Waals surface area contributed by atoms with Gasteiger partial charge in [-0.25, -0.2) is 4.68 Å². The molecular formula is C14H22N4O. The zero-order valence-electron chi connectivity index (χ0n) is 12.2. The third-order valence-corrected chi connectivity index (χ3v) is 3.11. The molecule has 1 heterocycles. The minimum absolute atomic E-state index is 0.116. The van der Waals surface area contributed by atoms with Crippen LogP contribution in [0.25, 0.3) is 0 Å². The van der Waals surface area contributed by atoms with Gasteiger partial charge in [0.05, 0.1) is 23.4 Å². The maximum atomic E-state index is 11.9. The molecule has 5 nitrogen and oxygen atoms in total. The van der Waals surface area contributed by atoms with Crippen molar-refractivity contribution in [3.8, 4) is 6.07 Å². The van der Waals surface area contributed by atoms with Crippen LogP contribution in [-0.4, -0.2) is 23.4 Å². The van der Waals surface area contributed by atoms with Crippen LogP contribution in [0.3, 0.4) is 0 Å². The Labute approximate surface area is 114 Å². The van der Waals surface area contributed by atoms with Crippen molar-refractivity contribution in [2.75, 3.05) is 18.5 Å². The third-order valence-electron chi connectivity index (χ3n) is 3.11. The van der Waals surface area contributed by atoms with Crippen molar-refractivity contribution in [1.29, 1.82) is 5.26 Å². The summed E-state index contributed by atoms with van der Waals surface area (Å²) in [7, 11) is 1.95. The molecule has 0 atom stereocenters. The summed E-state index contributed by atoms with van der Waals surface area (Å²) in [5.41, 5.74) is 0.288. The Morgan fingerprint density at radius 3 is 2.74 bits per heavy atom. The van der Waals surface area contributed by atoms with Crippen LogP contribution in [0.2, 0.25) is 0 Å². The van der Waals surface area contributed by atoms with Gasteiger partial charge in [0.1, 0.15) is 0 Å². The van der Waals surface area contributed by atoms with Crippen molar-refractivity contribution >= 4 is 5.69 Å². The molecule has 0 aliphatic carbocycles.